The maximum atomic E-state index is 13.9. The maximum absolute atomic E-state index is 13.9. The van der Waals surface area contributed by atoms with Gasteiger partial charge in [-0.1, -0.05) is 154 Å². The fraction of sp³-hybridized carbons (Fsp3) is 0.321. The predicted molar refractivity (Wildman–Crippen MR) is 558 cm³/mol. The highest BCUT2D eigenvalue weighted by Crippen LogP contribution is 2.35. The Morgan fingerprint density at radius 1 is 0.373 bits per heavy atom. The van der Waals surface area contributed by atoms with Crippen molar-refractivity contribution in [1.82, 2.24) is 56.6 Å². The zero-order valence-electron chi connectivity index (χ0n) is 80.2. The van der Waals surface area contributed by atoms with E-state index >= 15 is 0 Å². The zero-order valence-corrected chi connectivity index (χ0v) is 84.3. The summed E-state index contributed by atoms with van der Waals surface area (Å²) in [5.74, 6) is 3.65. The number of nitrogens with zero attached hydrogens (tertiary/aromatic N) is 21. The molecule has 36 heteroatoms. The molecule has 0 bridgehead atoms. The van der Waals surface area contributed by atoms with E-state index in [0.29, 0.717) is 82.1 Å². The van der Waals surface area contributed by atoms with Gasteiger partial charge in [0, 0.05) is 249 Å². The number of amides is 2. The predicted octanol–water partition coefficient (Wildman–Crippen LogP) is 19.9. The summed E-state index contributed by atoms with van der Waals surface area (Å²) in [7, 11) is 0. The van der Waals surface area contributed by atoms with Crippen molar-refractivity contribution in [1.29, 1.82) is 0 Å². The summed E-state index contributed by atoms with van der Waals surface area (Å²) in [5.41, 5.74) is 13.4. The third kappa shape index (κ3) is 27.5. The second-order valence-electron chi connectivity index (χ2n) is 36.1. The molecule has 736 valence electrons. The molecule has 10 heterocycles. The van der Waals surface area contributed by atoms with E-state index in [-0.39, 0.29) is 58.0 Å². The number of nitro benzene ring substituents is 1. The van der Waals surface area contributed by atoms with Crippen LogP contribution in [0.4, 0.5) is 70.4 Å². The number of para-hydroxylation sites is 4. The number of aromatic nitrogens is 10. The van der Waals surface area contributed by atoms with E-state index < -0.39 is 4.92 Å². The highest BCUT2D eigenvalue weighted by molar-refractivity contribution is 7.10. The lowest BCUT2D eigenvalue weighted by Crippen LogP contribution is -2.54. The number of non-ortho nitro benzene ring substituents is 1. The second kappa shape index (κ2) is 48.1. The first-order valence-electron chi connectivity index (χ1n) is 47.4. The topological polar surface area (TPSA) is 248 Å². The Morgan fingerprint density at radius 3 is 1.06 bits per heavy atom. The van der Waals surface area contributed by atoms with Gasteiger partial charge in [-0.2, -0.15) is 21.9 Å². The van der Waals surface area contributed by atoms with Gasteiger partial charge in [0.15, 0.2) is 0 Å². The van der Waals surface area contributed by atoms with Crippen LogP contribution in [0.5, 0.6) is 5.75 Å². The normalized spacial score (nSPS) is 15.0. The van der Waals surface area contributed by atoms with Gasteiger partial charge in [0.2, 0.25) is 25.7 Å². The lowest BCUT2D eigenvalue weighted by atomic mass is 9.86. The monoisotopic (exact) mass is 2010 g/mol. The molecule has 5 aliphatic rings. The van der Waals surface area contributed by atoms with Gasteiger partial charge >= 0.3 is 0 Å². The minimum absolute atomic E-state index is 0.0397. The SMILES string of the molecule is CC1CN(c2nc(Cc3ccc(F)cc3)ns2)CCN1C(=O)c1ccc([N+](=O)[O-])cc1.CCOc1ccccc1N1CCN(c2nc(Cc3ccc(F)cc3)ns2)CC1.Cc1ccc(Cc2nsc(N3CCN(C(=O)c4ccc(C(C)(C)C)cc4)CC3)n2)cc1.Cc1ccccc1N1CCN(c2nc(Cc3ccc(F)cc3)ns2)CC1.Fc1ccc(Cc2nsc(N3CCN(c4ccccc4F)CC3)n2)cc1. The van der Waals surface area contributed by atoms with Crippen LogP contribution in [0.2, 0.25) is 0 Å². The summed E-state index contributed by atoms with van der Waals surface area (Å²) in [6.45, 7) is 30.7. The molecule has 1 atom stereocenters. The van der Waals surface area contributed by atoms with Crippen molar-refractivity contribution in [3.63, 3.8) is 0 Å². The Kier molecular flexibility index (Phi) is 34.3. The van der Waals surface area contributed by atoms with Gasteiger partial charge in [0.1, 0.15) is 64.0 Å². The fourth-order valence-electron chi connectivity index (χ4n) is 17.0. The molecule has 5 saturated heterocycles. The Morgan fingerprint density at radius 2 is 0.690 bits per heavy atom. The third-order valence-electron chi connectivity index (χ3n) is 25.0. The van der Waals surface area contributed by atoms with Crippen molar-refractivity contribution in [2.45, 2.75) is 92.0 Å². The molecule has 5 fully saturated rings. The number of carbonyl (C=O) groups excluding carboxylic acids is 2. The first kappa shape index (κ1) is 101. The van der Waals surface area contributed by atoms with E-state index in [1.807, 2.05) is 55.1 Å². The molecule has 0 N–H and O–H groups in total. The van der Waals surface area contributed by atoms with Crippen molar-refractivity contribution in [2.75, 3.05) is 170 Å². The average Bonchev–Trinajstić information content (AvgIpc) is 1.72. The summed E-state index contributed by atoms with van der Waals surface area (Å²) in [6, 6.07) is 71.5. The van der Waals surface area contributed by atoms with Crippen molar-refractivity contribution < 1.29 is 41.2 Å². The Hall–Kier alpha value is -13.8. The molecule has 5 aromatic heterocycles. The number of carbonyl (C=O) groups is 2. The smallest absolute Gasteiger partial charge is 0.269 e. The lowest BCUT2D eigenvalue weighted by molar-refractivity contribution is -0.384. The quantitative estimate of drug-likeness (QED) is 0.0328. The molecular formula is C106H112F5N21O5S5. The fourth-order valence-corrected chi connectivity index (χ4v) is 20.7. The molecule has 0 spiro atoms. The lowest BCUT2D eigenvalue weighted by Gasteiger charge is -2.39. The number of anilines is 8. The standard InChI is InChI=1S/C25H30N4OS.C21H20FN5O3S.C21H23FN4OS.C20H21FN4S.C19H18F2N4S/c1-18-5-7-19(8-6-18)17-22-26-24(31-27-22)29-15-13-28(14-16-29)23(30)20-9-11-21(12-10-20)25(2,3)4;1-14-13-25(21-23-19(24-31-21)12-15-2-6-17(22)7-3-15)10-11-26(14)20(28)16-4-8-18(9-5-16)27(29)30;1-2-27-19-6-4-3-5-18(19)25-11-13-26(14-12-25)21-23-20(24-28-21)15-16-7-9-17(22)10-8-16;1-15-4-2-3-5-18(15)24-10-12-25(13-11-24)20-22-19(23-26-20)14-16-6-8-17(21)9-7-16;20-15-7-5-14(6-8-15)13-18-22-19(26-23-18)25-11-9-24(10-12-25)17-4-2-1-3-16(17)21/h5-12H,13-17H2,1-4H3;2-9,14H,10-13H2,1H3;3-10H,2,11-15H2,1H3;2-9H,10-14H2,1H3;1-8H,9-13H2. The number of aryl methyl sites for hydroxylation is 2. The van der Waals surface area contributed by atoms with Crippen molar-refractivity contribution >= 4 is 118 Å². The van der Waals surface area contributed by atoms with Crippen LogP contribution in [0.1, 0.15) is 129 Å². The number of hydrogen-bond acceptors (Lipinski definition) is 28. The van der Waals surface area contributed by atoms with E-state index in [2.05, 4.69) is 183 Å². The molecular weight excluding hydrogens is 1900 g/mol. The number of halogens is 5. The van der Waals surface area contributed by atoms with E-state index in [0.717, 1.165) is 186 Å². The molecule has 15 aromatic rings. The summed E-state index contributed by atoms with van der Waals surface area (Å²) in [6.07, 6.45) is 3.13. The Labute approximate surface area is 844 Å². The Balaban J connectivity index is 0.000000128. The molecule has 0 radical (unpaired) electrons. The average molecular weight is 2020 g/mol. The van der Waals surface area contributed by atoms with E-state index in [1.54, 1.807) is 59.5 Å². The van der Waals surface area contributed by atoms with Gasteiger partial charge in [-0.3, -0.25) is 19.7 Å². The van der Waals surface area contributed by atoms with Gasteiger partial charge in [-0.15, -0.1) is 0 Å². The number of ether oxygens (including phenoxy) is 1. The largest absolute Gasteiger partial charge is 0.492 e. The first-order valence-corrected chi connectivity index (χ1v) is 51.3. The number of benzene rings is 10. The summed E-state index contributed by atoms with van der Waals surface area (Å²) >= 11 is 7.03. The number of piperazine rings is 5. The highest BCUT2D eigenvalue weighted by Gasteiger charge is 2.33. The summed E-state index contributed by atoms with van der Waals surface area (Å²) in [5, 5.41) is 15.4. The number of hydrogen-bond donors (Lipinski definition) is 0. The summed E-state index contributed by atoms with van der Waals surface area (Å²) in [4.78, 5) is 81.1. The zero-order chi connectivity index (χ0) is 99.2. The van der Waals surface area contributed by atoms with E-state index in [9.17, 15) is 41.7 Å². The van der Waals surface area contributed by atoms with Crippen LogP contribution >= 0.6 is 57.7 Å². The van der Waals surface area contributed by atoms with Crippen LogP contribution in [0.3, 0.4) is 0 Å². The van der Waals surface area contributed by atoms with Gasteiger partial charge in [-0.25, -0.2) is 46.9 Å². The Bertz CT molecular complexity index is 6460. The van der Waals surface area contributed by atoms with Crippen LogP contribution in [0.15, 0.2) is 243 Å². The van der Waals surface area contributed by atoms with Crippen LogP contribution in [-0.2, 0) is 37.5 Å². The van der Waals surface area contributed by atoms with Crippen LogP contribution in [0.25, 0.3) is 0 Å². The summed E-state index contributed by atoms with van der Waals surface area (Å²) < 4.78 is 94.2. The molecule has 5 aliphatic heterocycles. The molecule has 0 aliphatic carbocycles. The minimum atomic E-state index is -0.484. The minimum Gasteiger partial charge on any atom is -0.492 e. The number of rotatable bonds is 23. The van der Waals surface area contributed by atoms with Gasteiger partial charge in [-0.05, 0) is 175 Å². The first-order chi connectivity index (χ1) is 68.8. The molecule has 26 nitrogen and oxygen atoms in total. The van der Waals surface area contributed by atoms with Gasteiger partial charge < -0.3 is 53.7 Å². The molecule has 1 unspecified atom stereocenters. The van der Waals surface area contributed by atoms with E-state index in [4.69, 9.17) is 14.7 Å². The van der Waals surface area contributed by atoms with Crippen LogP contribution in [-0.4, -0.2) is 210 Å². The third-order valence-corrected chi connectivity index (χ3v) is 29.1. The van der Waals surface area contributed by atoms with Crippen molar-refractivity contribution in [2.24, 2.45) is 0 Å². The van der Waals surface area contributed by atoms with Gasteiger partial charge in [0.05, 0.1) is 22.9 Å². The van der Waals surface area contributed by atoms with Crippen molar-refractivity contribution in [3.05, 3.63) is 367 Å². The molecule has 0 saturated carbocycles. The molecule has 142 heavy (non-hydrogen) atoms. The van der Waals surface area contributed by atoms with Crippen LogP contribution in [0, 0.1) is 53.0 Å². The van der Waals surface area contributed by atoms with Crippen molar-refractivity contribution in [3.8, 4) is 5.75 Å². The van der Waals surface area contributed by atoms with Crippen LogP contribution < -0.4 is 43.9 Å². The number of nitro groups is 1. The van der Waals surface area contributed by atoms with E-state index in [1.165, 1.54) is 164 Å². The second-order valence-corrected chi connectivity index (χ2v) is 39.8. The molecule has 20 rings (SSSR count). The maximum Gasteiger partial charge on any atom is 0.269 e. The van der Waals surface area contributed by atoms with Gasteiger partial charge in [0.25, 0.3) is 17.5 Å². The highest BCUT2D eigenvalue weighted by atomic mass is 32.1. The molecule has 2 amide bonds. The molecule has 10 aromatic carbocycles.